The number of allylic oxidation sites excluding steroid dienone is 1. The van der Waals surface area contributed by atoms with Gasteiger partial charge in [-0.05, 0) is 100.0 Å². The van der Waals surface area contributed by atoms with E-state index in [1.165, 1.54) is 16.7 Å². The van der Waals surface area contributed by atoms with Crippen LogP contribution in [0.4, 0.5) is 5.69 Å². The van der Waals surface area contributed by atoms with Gasteiger partial charge in [0.05, 0.1) is 23.6 Å². The number of hydrogen-bond donors (Lipinski definition) is 2. The highest BCUT2D eigenvalue weighted by atomic mass is 32.2. The molecule has 2 N–H and O–H groups in total. The van der Waals surface area contributed by atoms with Gasteiger partial charge in [0, 0.05) is 24.1 Å². The largest absolute Gasteiger partial charge is 0.490 e. The number of fused-ring (bicyclic) bond motifs is 4. The van der Waals surface area contributed by atoms with Crippen molar-refractivity contribution in [2.45, 2.75) is 75.6 Å². The van der Waals surface area contributed by atoms with Crippen molar-refractivity contribution in [3.63, 3.8) is 0 Å². The molecule has 6 rings (SSSR count). The number of anilines is 1. The molecule has 1 spiro atoms. The number of nitrogens with one attached hydrogen (secondary N) is 1. The van der Waals surface area contributed by atoms with Crippen LogP contribution in [-0.4, -0.2) is 50.5 Å². The lowest BCUT2D eigenvalue weighted by molar-refractivity contribution is 0.0456. The molecular formula is C32H40N2O5S. The molecule has 2 heterocycles. The van der Waals surface area contributed by atoms with E-state index in [2.05, 4.69) is 34.7 Å². The summed E-state index contributed by atoms with van der Waals surface area (Å²) in [7, 11) is -3.85. The molecule has 0 unspecified atom stereocenters. The van der Waals surface area contributed by atoms with Crippen LogP contribution in [0.3, 0.4) is 0 Å². The quantitative estimate of drug-likeness (QED) is 0.452. The second kappa shape index (κ2) is 10.5. The average molecular weight is 565 g/mol. The molecule has 8 heteroatoms. The number of rotatable bonds is 0. The number of carbonyl (C=O) groups is 1. The minimum atomic E-state index is -3.85. The minimum absolute atomic E-state index is 0.154. The van der Waals surface area contributed by atoms with E-state index in [-0.39, 0.29) is 11.3 Å². The first-order valence-corrected chi connectivity index (χ1v) is 16.2. The molecule has 2 bridgehead atoms. The predicted octanol–water partition coefficient (Wildman–Crippen LogP) is 4.65. The molecule has 0 aromatic heterocycles. The number of sulfonamides is 1. The Morgan fingerprint density at radius 2 is 1.98 bits per heavy atom. The summed E-state index contributed by atoms with van der Waals surface area (Å²) in [5, 5.41) is 10.3. The van der Waals surface area contributed by atoms with Crippen molar-refractivity contribution < 1.29 is 23.1 Å². The van der Waals surface area contributed by atoms with E-state index in [0.29, 0.717) is 36.7 Å². The summed E-state index contributed by atoms with van der Waals surface area (Å²) in [6, 6.07) is 12.0. The molecule has 0 saturated heterocycles. The van der Waals surface area contributed by atoms with Crippen molar-refractivity contribution in [1.82, 2.24) is 4.72 Å². The summed E-state index contributed by atoms with van der Waals surface area (Å²) in [6.07, 6.45) is 9.22. The summed E-state index contributed by atoms with van der Waals surface area (Å²) < 4.78 is 34.7. The molecule has 1 fully saturated rings. The summed E-state index contributed by atoms with van der Waals surface area (Å²) in [6.45, 7) is 5.78. The number of amides is 1. The highest BCUT2D eigenvalue weighted by Crippen LogP contribution is 2.46. The number of carbonyl (C=O) groups excluding carboxylic acids is 1. The molecule has 214 valence electrons. The molecule has 2 aromatic carbocycles. The van der Waals surface area contributed by atoms with Gasteiger partial charge < -0.3 is 14.7 Å². The fourth-order valence-electron chi connectivity index (χ4n) is 7.12. The van der Waals surface area contributed by atoms with Crippen LogP contribution in [0.15, 0.2) is 48.6 Å². The number of nitrogens with zero attached hydrogens (tertiary/aromatic N) is 1. The second-order valence-corrected chi connectivity index (χ2v) is 14.5. The van der Waals surface area contributed by atoms with Gasteiger partial charge in [0.1, 0.15) is 5.75 Å². The maximum Gasteiger partial charge on any atom is 0.264 e. The molecule has 5 atom stereocenters. The topological polar surface area (TPSA) is 95.9 Å². The summed E-state index contributed by atoms with van der Waals surface area (Å²) in [5.74, 6) is 0.558. The van der Waals surface area contributed by atoms with E-state index < -0.39 is 27.3 Å². The van der Waals surface area contributed by atoms with E-state index in [4.69, 9.17) is 4.74 Å². The zero-order valence-electron chi connectivity index (χ0n) is 23.4. The Bertz CT molecular complexity index is 1440. The third kappa shape index (κ3) is 5.05. The van der Waals surface area contributed by atoms with Gasteiger partial charge in [-0.2, -0.15) is 0 Å². The molecule has 2 aliphatic carbocycles. The molecular weight excluding hydrogens is 524 g/mol. The Morgan fingerprint density at radius 1 is 1.12 bits per heavy atom. The highest BCUT2D eigenvalue weighted by Gasteiger charge is 2.44. The first-order valence-electron chi connectivity index (χ1n) is 14.7. The SMILES string of the molecule is Cc1ccc2c(c1)CCC[C@]21COc2ccc3cc2N(C[C@@H]2CC[C@H]2[C@@H](O)/C=C/CC[C@@H](C)S(=O)(=O)NC3=O)C1. The Morgan fingerprint density at radius 3 is 2.77 bits per heavy atom. The van der Waals surface area contributed by atoms with Gasteiger partial charge in [0.15, 0.2) is 0 Å². The van der Waals surface area contributed by atoms with Crippen molar-refractivity contribution in [2.24, 2.45) is 11.8 Å². The third-order valence-corrected chi connectivity index (χ3v) is 11.5. The number of aliphatic hydroxyl groups is 1. The standard InChI is InChI=1S/C32H40N2O5S/c1-21-9-13-27-23(16-21)7-5-15-32(27)19-34-18-25-10-12-26(25)29(35)8-4-3-6-22(2)40(37,38)33-31(36)24-11-14-30(39-20-32)28(34)17-24/h4,8-9,11,13-14,16-17,22,25-26,29,35H,3,5-7,10,12,15,18-20H2,1-2H3,(H,33,36)/b8-4+/t22-,25+,26-,29+,32+/m1/s1. The van der Waals surface area contributed by atoms with Crippen molar-refractivity contribution in [3.8, 4) is 5.75 Å². The van der Waals surface area contributed by atoms with Gasteiger partial charge in [0.2, 0.25) is 10.0 Å². The van der Waals surface area contributed by atoms with Gasteiger partial charge >= 0.3 is 0 Å². The molecule has 2 aliphatic heterocycles. The average Bonchev–Trinajstić information content (AvgIpc) is 3.05. The third-order valence-electron chi connectivity index (χ3n) is 9.70. The molecule has 2 aromatic rings. The molecule has 1 saturated carbocycles. The van der Waals surface area contributed by atoms with E-state index >= 15 is 0 Å². The monoisotopic (exact) mass is 564 g/mol. The van der Waals surface area contributed by atoms with Crippen LogP contribution < -0.4 is 14.4 Å². The predicted molar refractivity (Wildman–Crippen MR) is 156 cm³/mol. The maximum absolute atomic E-state index is 13.2. The number of hydrogen-bond acceptors (Lipinski definition) is 6. The summed E-state index contributed by atoms with van der Waals surface area (Å²) in [4.78, 5) is 15.6. The smallest absolute Gasteiger partial charge is 0.264 e. The number of benzene rings is 2. The first kappa shape index (κ1) is 27.3. The Balaban J connectivity index is 1.42. The number of ether oxygens (including phenoxy) is 1. The van der Waals surface area contributed by atoms with E-state index in [9.17, 15) is 18.3 Å². The molecule has 40 heavy (non-hydrogen) atoms. The maximum atomic E-state index is 13.2. The Hall–Kier alpha value is -2.84. The first-order chi connectivity index (χ1) is 19.1. The van der Waals surface area contributed by atoms with Crippen molar-refractivity contribution in [3.05, 3.63) is 70.8 Å². The fourth-order valence-corrected chi connectivity index (χ4v) is 8.15. The van der Waals surface area contributed by atoms with E-state index in [0.717, 1.165) is 50.9 Å². The van der Waals surface area contributed by atoms with Gasteiger partial charge in [-0.3, -0.25) is 4.79 Å². The van der Waals surface area contributed by atoms with Crippen LogP contribution in [0, 0.1) is 18.8 Å². The second-order valence-electron chi connectivity index (χ2n) is 12.4. The van der Waals surface area contributed by atoms with Gasteiger partial charge in [0.25, 0.3) is 5.91 Å². The van der Waals surface area contributed by atoms with Crippen LogP contribution in [0.1, 0.15) is 72.5 Å². The van der Waals surface area contributed by atoms with Crippen molar-refractivity contribution >= 4 is 21.6 Å². The van der Waals surface area contributed by atoms with Crippen LogP contribution in [0.2, 0.25) is 0 Å². The lowest BCUT2D eigenvalue weighted by Crippen LogP contribution is -2.49. The van der Waals surface area contributed by atoms with Crippen molar-refractivity contribution in [2.75, 3.05) is 24.6 Å². The summed E-state index contributed by atoms with van der Waals surface area (Å²) >= 11 is 0. The van der Waals surface area contributed by atoms with Crippen LogP contribution >= 0.6 is 0 Å². The summed E-state index contributed by atoms with van der Waals surface area (Å²) in [5.41, 5.74) is 4.91. The molecule has 1 amide bonds. The fraction of sp³-hybridized carbons (Fsp3) is 0.531. The van der Waals surface area contributed by atoms with Gasteiger partial charge in [-0.15, -0.1) is 0 Å². The van der Waals surface area contributed by atoms with Crippen LogP contribution in [0.25, 0.3) is 0 Å². The molecule has 0 radical (unpaired) electrons. The normalized spacial score (nSPS) is 32.5. The molecule has 7 nitrogen and oxygen atoms in total. The van der Waals surface area contributed by atoms with Crippen molar-refractivity contribution in [1.29, 1.82) is 0 Å². The lowest BCUT2D eigenvalue weighted by Gasteiger charge is -2.45. The van der Waals surface area contributed by atoms with Crippen LogP contribution in [-0.2, 0) is 21.9 Å². The van der Waals surface area contributed by atoms with Crippen LogP contribution in [0.5, 0.6) is 5.75 Å². The Labute approximate surface area is 237 Å². The number of aliphatic hydroxyl groups excluding tert-OH is 1. The number of aryl methyl sites for hydroxylation is 2. The zero-order chi connectivity index (χ0) is 28.1. The van der Waals surface area contributed by atoms with E-state index in [1.54, 1.807) is 19.1 Å². The highest BCUT2D eigenvalue weighted by molar-refractivity contribution is 7.90. The minimum Gasteiger partial charge on any atom is -0.490 e. The zero-order valence-corrected chi connectivity index (χ0v) is 24.3. The Kier molecular flexibility index (Phi) is 7.20. The lowest BCUT2D eigenvalue weighted by atomic mass is 9.68. The molecule has 4 aliphatic rings. The van der Waals surface area contributed by atoms with Gasteiger partial charge in [-0.25, -0.2) is 13.1 Å². The van der Waals surface area contributed by atoms with E-state index in [1.807, 2.05) is 18.2 Å². The van der Waals surface area contributed by atoms with Gasteiger partial charge in [-0.1, -0.05) is 35.9 Å².